The van der Waals surface area contributed by atoms with Crippen LogP contribution < -0.4 is 11.1 Å². The third kappa shape index (κ3) is 3.76. The molecule has 0 aliphatic carbocycles. The van der Waals surface area contributed by atoms with Crippen molar-refractivity contribution in [2.45, 2.75) is 19.0 Å². The maximum atomic E-state index is 11.8. The van der Waals surface area contributed by atoms with Gasteiger partial charge in [-0.15, -0.1) is 6.58 Å². The Morgan fingerprint density at radius 2 is 2.40 bits per heavy atom. The first-order valence-electron chi connectivity index (χ1n) is 6.27. The largest absolute Gasteiger partial charge is 0.325 e. The molecular weight excluding hydrogens is 254 g/mol. The molecule has 3 N–H and O–H groups in total. The second-order valence-electron chi connectivity index (χ2n) is 4.41. The predicted molar refractivity (Wildman–Crippen MR) is 77.0 cm³/mol. The summed E-state index contributed by atoms with van der Waals surface area (Å²) in [6.45, 7) is 4.17. The third-order valence-corrected chi connectivity index (χ3v) is 2.76. The molecule has 2 aromatic rings. The van der Waals surface area contributed by atoms with Crippen LogP contribution in [0.2, 0.25) is 0 Å². The number of rotatable bonds is 6. The topological polar surface area (TPSA) is 85.8 Å². The van der Waals surface area contributed by atoms with Crippen molar-refractivity contribution in [2.75, 3.05) is 5.32 Å². The fraction of sp³-hybridized carbons (Fsp3) is 0.214. The smallest absolute Gasteiger partial charge is 0.241 e. The van der Waals surface area contributed by atoms with E-state index in [9.17, 15) is 4.79 Å². The van der Waals surface area contributed by atoms with E-state index in [1.54, 1.807) is 17.1 Å². The number of anilines is 1. The first kappa shape index (κ1) is 14.0. The average Bonchev–Trinajstić information content (AvgIpc) is 2.92. The predicted octanol–water partition coefficient (Wildman–Crippen LogP) is 1.17. The number of hydrogen-bond acceptors (Lipinski definition) is 4. The van der Waals surface area contributed by atoms with E-state index in [4.69, 9.17) is 5.73 Å². The summed E-state index contributed by atoms with van der Waals surface area (Å²) in [5.74, 6) is -0.220. The van der Waals surface area contributed by atoms with Crippen LogP contribution in [-0.2, 0) is 11.3 Å². The summed E-state index contributed by atoms with van der Waals surface area (Å²) >= 11 is 0. The maximum absolute atomic E-state index is 11.8. The zero-order valence-corrected chi connectivity index (χ0v) is 11.1. The second-order valence-corrected chi connectivity index (χ2v) is 4.41. The van der Waals surface area contributed by atoms with Gasteiger partial charge >= 0.3 is 0 Å². The molecule has 6 heteroatoms. The van der Waals surface area contributed by atoms with Gasteiger partial charge in [-0.1, -0.05) is 18.2 Å². The number of aromatic nitrogens is 3. The minimum atomic E-state index is -0.577. The minimum Gasteiger partial charge on any atom is -0.325 e. The van der Waals surface area contributed by atoms with E-state index in [-0.39, 0.29) is 5.91 Å². The fourth-order valence-electron chi connectivity index (χ4n) is 1.77. The Hall–Kier alpha value is -2.47. The number of nitrogens with one attached hydrogen (secondary N) is 1. The average molecular weight is 271 g/mol. The van der Waals surface area contributed by atoms with Crippen molar-refractivity contribution < 1.29 is 4.79 Å². The van der Waals surface area contributed by atoms with Gasteiger partial charge in [0.05, 0.1) is 12.6 Å². The van der Waals surface area contributed by atoms with Crippen molar-refractivity contribution in [3.8, 4) is 0 Å². The van der Waals surface area contributed by atoms with E-state index in [1.807, 2.05) is 24.3 Å². The van der Waals surface area contributed by atoms with E-state index in [0.29, 0.717) is 18.7 Å². The molecule has 0 fully saturated rings. The van der Waals surface area contributed by atoms with Crippen LogP contribution in [0.15, 0.2) is 49.6 Å². The van der Waals surface area contributed by atoms with Crippen LogP contribution in [0, 0.1) is 0 Å². The number of nitrogens with zero attached hydrogens (tertiary/aromatic N) is 3. The van der Waals surface area contributed by atoms with Crippen molar-refractivity contribution in [1.29, 1.82) is 0 Å². The molecule has 6 nitrogen and oxygen atoms in total. The van der Waals surface area contributed by atoms with Gasteiger partial charge in [-0.3, -0.25) is 4.79 Å². The molecule has 0 aliphatic rings. The normalized spacial score (nSPS) is 11.8. The first-order chi connectivity index (χ1) is 9.69. The lowest BCUT2D eigenvalue weighted by Crippen LogP contribution is -2.35. The highest BCUT2D eigenvalue weighted by molar-refractivity contribution is 5.94. The Labute approximate surface area is 117 Å². The van der Waals surface area contributed by atoms with Gasteiger partial charge in [0.25, 0.3) is 0 Å². The van der Waals surface area contributed by atoms with E-state index >= 15 is 0 Å². The molecule has 1 aromatic carbocycles. The van der Waals surface area contributed by atoms with Crippen molar-refractivity contribution in [2.24, 2.45) is 5.73 Å². The molecular formula is C14H17N5O. The summed E-state index contributed by atoms with van der Waals surface area (Å²) in [7, 11) is 0. The summed E-state index contributed by atoms with van der Waals surface area (Å²) in [5.41, 5.74) is 7.45. The first-order valence-corrected chi connectivity index (χ1v) is 6.27. The molecule has 1 aromatic heterocycles. The van der Waals surface area contributed by atoms with Gasteiger partial charge in [-0.05, 0) is 24.1 Å². The number of nitrogens with two attached hydrogens (primary N) is 1. The van der Waals surface area contributed by atoms with Gasteiger partial charge in [0.15, 0.2) is 0 Å². The second kappa shape index (κ2) is 6.63. The summed E-state index contributed by atoms with van der Waals surface area (Å²) in [5, 5.41) is 6.83. The van der Waals surface area contributed by atoms with Gasteiger partial charge in [-0.25, -0.2) is 9.67 Å². The van der Waals surface area contributed by atoms with E-state index in [0.717, 1.165) is 5.56 Å². The van der Waals surface area contributed by atoms with Crippen molar-refractivity contribution in [1.82, 2.24) is 14.8 Å². The summed E-state index contributed by atoms with van der Waals surface area (Å²) in [6, 6.07) is 6.97. The van der Waals surface area contributed by atoms with Gasteiger partial charge in [0, 0.05) is 5.69 Å². The lowest BCUT2D eigenvalue weighted by atomic mass is 10.1. The SMILES string of the molecule is C=CCC(N)C(=O)Nc1cccc(Cn2cncn2)c1. The molecule has 1 unspecified atom stereocenters. The number of hydrogen-bond donors (Lipinski definition) is 2. The van der Waals surface area contributed by atoms with Gasteiger partial charge in [-0.2, -0.15) is 5.10 Å². The van der Waals surface area contributed by atoms with Crippen molar-refractivity contribution in [3.05, 3.63) is 55.1 Å². The Balaban J connectivity index is 2.02. The molecule has 0 bridgehead atoms. The zero-order valence-electron chi connectivity index (χ0n) is 11.1. The molecule has 2 rings (SSSR count). The maximum Gasteiger partial charge on any atom is 0.241 e. The van der Waals surface area contributed by atoms with Crippen molar-refractivity contribution in [3.63, 3.8) is 0 Å². The molecule has 20 heavy (non-hydrogen) atoms. The van der Waals surface area contributed by atoms with Crippen LogP contribution in [0.3, 0.4) is 0 Å². The van der Waals surface area contributed by atoms with Gasteiger partial charge < -0.3 is 11.1 Å². The third-order valence-electron chi connectivity index (χ3n) is 2.76. The molecule has 1 heterocycles. The molecule has 0 radical (unpaired) electrons. The highest BCUT2D eigenvalue weighted by Gasteiger charge is 2.11. The van der Waals surface area contributed by atoms with Crippen LogP contribution in [0.1, 0.15) is 12.0 Å². The Kier molecular flexibility index (Phi) is 4.62. The molecule has 0 saturated heterocycles. The van der Waals surface area contributed by atoms with Crippen LogP contribution in [0.5, 0.6) is 0 Å². The highest BCUT2D eigenvalue weighted by Crippen LogP contribution is 2.12. The van der Waals surface area contributed by atoms with E-state index in [1.165, 1.54) is 6.33 Å². The number of benzene rings is 1. The summed E-state index contributed by atoms with van der Waals surface area (Å²) in [4.78, 5) is 15.7. The molecule has 104 valence electrons. The standard InChI is InChI=1S/C14H17N5O/c1-2-4-13(15)14(20)18-12-6-3-5-11(7-12)8-19-10-16-9-17-19/h2-3,5-7,9-10,13H,1,4,8,15H2,(H,18,20). The van der Waals surface area contributed by atoms with Crippen LogP contribution >= 0.6 is 0 Å². The minimum absolute atomic E-state index is 0.220. The monoisotopic (exact) mass is 271 g/mol. The number of amides is 1. The van der Waals surface area contributed by atoms with E-state index < -0.39 is 6.04 Å². The quantitative estimate of drug-likeness (QED) is 0.772. The Morgan fingerprint density at radius 3 is 3.10 bits per heavy atom. The fourth-order valence-corrected chi connectivity index (χ4v) is 1.77. The molecule has 1 atom stereocenters. The summed E-state index contributed by atoms with van der Waals surface area (Å²) in [6.07, 6.45) is 5.21. The lowest BCUT2D eigenvalue weighted by molar-refractivity contribution is -0.117. The number of carbonyl (C=O) groups is 1. The molecule has 0 spiro atoms. The summed E-state index contributed by atoms with van der Waals surface area (Å²) < 4.78 is 1.71. The van der Waals surface area contributed by atoms with Crippen LogP contribution in [-0.4, -0.2) is 26.7 Å². The Bertz CT molecular complexity index is 579. The molecule has 0 saturated carbocycles. The molecule has 1 amide bonds. The lowest BCUT2D eigenvalue weighted by Gasteiger charge is -2.11. The zero-order chi connectivity index (χ0) is 14.4. The van der Waals surface area contributed by atoms with Gasteiger partial charge in [0.2, 0.25) is 5.91 Å². The van der Waals surface area contributed by atoms with Crippen molar-refractivity contribution >= 4 is 11.6 Å². The Morgan fingerprint density at radius 1 is 1.55 bits per heavy atom. The molecule has 0 aliphatic heterocycles. The van der Waals surface area contributed by atoms with E-state index in [2.05, 4.69) is 22.0 Å². The van der Waals surface area contributed by atoms with Crippen LogP contribution in [0.4, 0.5) is 5.69 Å². The van der Waals surface area contributed by atoms with Crippen LogP contribution in [0.25, 0.3) is 0 Å². The van der Waals surface area contributed by atoms with Gasteiger partial charge in [0.1, 0.15) is 12.7 Å². The number of carbonyl (C=O) groups excluding carboxylic acids is 1. The highest BCUT2D eigenvalue weighted by atomic mass is 16.2.